The lowest BCUT2D eigenvalue weighted by Crippen LogP contribution is -2.21. The van der Waals surface area contributed by atoms with Crippen LogP contribution in [0.1, 0.15) is 49.3 Å². The largest absolute Gasteiger partial charge is 0.416 e. The summed E-state index contributed by atoms with van der Waals surface area (Å²) in [5, 5.41) is 4.82. The normalized spacial score (nSPS) is 15.3. The molecule has 0 bridgehead atoms. The highest BCUT2D eigenvalue weighted by Crippen LogP contribution is 2.43. The molecule has 0 saturated carbocycles. The number of anilines is 1. The molecule has 6 nitrogen and oxygen atoms in total. The number of imidazole rings is 1. The Kier molecular flexibility index (Phi) is 6.71. The van der Waals surface area contributed by atoms with E-state index in [0.29, 0.717) is 12.1 Å². The minimum atomic E-state index is -4.99. The topological polar surface area (TPSA) is 76.0 Å². The summed E-state index contributed by atoms with van der Waals surface area (Å²) in [5.74, 6) is -4.36. The molecule has 0 saturated heterocycles. The van der Waals surface area contributed by atoms with E-state index in [-0.39, 0.29) is 50.3 Å². The molecule has 5 rings (SSSR count). The third-order valence-corrected chi connectivity index (χ3v) is 6.75. The van der Waals surface area contributed by atoms with Crippen LogP contribution in [0.25, 0.3) is 11.0 Å². The predicted octanol–water partition coefficient (Wildman–Crippen LogP) is 6.94. The van der Waals surface area contributed by atoms with Gasteiger partial charge in [-0.1, -0.05) is 11.6 Å². The van der Waals surface area contributed by atoms with Crippen molar-refractivity contribution in [3.8, 4) is 0 Å². The van der Waals surface area contributed by atoms with E-state index >= 15 is 0 Å². The maximum absolute atomic E-state index is 14.2. The number of amides is 2. The van der Waals surface area contributed by atoms with Crippen LogP contribution in [0.2, 0.25) is 5.02 Å². The number of aryl methyl sites for hydroxylation is 1. The molecule has 0 radical (unpaired) electrons. The Morgan fingerprint density at radius 1 is 1.05 bits per heavy atom. The summed E-state index contributed by atoms with van der Waals surface area (Å²) in [6.45, 7) is -0.253. The van der Waals surface area contributed by atoms with Gasteiger partial charge in [-0.3, -0.25) is 9.59 Å². The van der Waals surface area contributed by atoms with Crippen molar-refractivity contribution in [2.45, 2.75) is 31.9 Å². The molecule has 4 aromatic rings. The molecule has 1 atom stereocenters. The summed E-state index contributed by atoms with van der Waals surface area (Å²) in [6, 6.07) is 4.15. The molecule has 2 amide bonds. The van der Waals surface area contributed by atoms with E-state index in [1.807, 2.05) is 0 Å². The molecule has 0 fully saturated rings. The first-order valence-electron chi connectivity index (χ1n) is 11.6. The fourth-order valence-corrected chi connectivity index (χ4v) is 4.95. The quantitative estimate of drug-likeness (QED) is 0.249. The number of benzene rings is 3. The van der Waals surface area contributed by atoms with E-state index in [9.17, 15) is 44.7 Å². The van der Waals surface area contributed by atoms with Gasteiger partial charge in [0.25, 0.3) is 11.8 Å². The molecule has 15 heteroatoms. The summed E-state index contributed by atoms with van der Waals surface area (Å²) in [7, 11) is 0. The highest BCUT2D eigenvalue weighted by Gasteiger charge is 2.39. The van der Waals surface area contributed by atoms with Crippen molar-refractivity contribution in [2.75, 3.05) is 5.32 Å². The van der Waals surface area contributed by atoms with Crippen molar-refractivity contribution in [1.82, 2.24) is 14.9 Å². The van der Waals surface area contributed by atoms with Crippen LogP contribution in [0, 0.1) is 18.6 Å². The van der Waals surface area contributed by atoms with Gasteiger partial charge in [0.2, 0.25) is 0 Å². The van der Waals surface area contributed by atoms with Gasteiger partial charge in [0, 0.05) is 27.4 Å². The van der Waals surface area contributed by atoms with E-state index in [1.54, 1.807) is 0 Å². The molecule has 1 aromatic heterocycles. The second-order valence-corrected chi connectivity index (χ2v) is 9.60. The first-order chi connectivity index (χ1) is 19.0. The third kappa shape index (κ3) is 5.31. The maximum atomic E-state index is 14.2. The van der Waals surface area contributed by atoms with Gasteiger partial charge in [-0.15, -0.1) is 0 Å². The molecule has 0 aliphatic carbocycles. The fourth-order valence-electron chi connectivity index (χ4n) is 4.72. The number of fused-ring (bicyclic) bond motifs is 3. The molecule has 214 valence electrons. The van der Waals surface area contributed by atoms with Crippen molar-refractivity contribution in [2.24, 2.45) is 0 Å². The van der Waals surface area contributed by atoms with Crippen LogP contribution in [0.3, 0.4) is 0 Å². The monoisotopic (exact) mass is 602 g/mol. The van der Waals surface area contributed by atoms with E-state index in [1.165, 1.54) is 13.0 Å². The Hall–Kier alpha value is -4.20. The molecule has 2 N–H and O–H groups in total. The number of nitrogens with one attached hydrogen (secondary N) is 2. The van der Waals surface area contributed by atoms with Crippen molar-refractivity contribution in [1.29, 1.82) is 0 Å². The fraction of sp³-hybridized carbons (Fsp3) is 0.192. The number of rotatable bonds is 4. The number of hydrogen-bond donors (Lipinski definition) is 2. The standard InChI is InChI=1S/C26H15ClF8N4O2/c1-10-36-22-18(39(10)9-25(30,31)32)8-17(37-23(40)11-4-12(26(33,34)35)6-14(29)5-11)19-20(22)24(41)38-21(19)15-7-13(28)2-3-16(15)27/h2-8,21H,9H2,1H3,(H,37,40)(H,38,41)/t21-/m1/s1. The Labute approximate surface area is 229 Å². The molecule has 3 aromatic carbocycles. The lowest BCUT2D eigenvalue weighted by molar-refractivity contribution is -0.140. The van der Waals surface area contributed by atoms with Crippen LogP contribution in [0.4, 0.5) is 40.8 Å². The number of aromatic nitrogens is 2. The minimum absolute atomic E-state index is 0.0133. The smallest absolute Gasteiger partial charge is 0.341 e. The van der Waals surface area contributed by atoms with Gasteiger partial charge in [0.1, 0.15) is 29.5 Å². The average Bonchev–Trinajstić information content (AvgIpc) is 3.35. The van der Waals surface area contributed by atoms with Gasteiger partial charge in [0.05, 0.1) is 22.7 Å². The predicted molar refractivity (Wildman–Crippen MR) is 131 cm³/mol. The van der Waals surface area contributed by atoms with Gasteiger partial charge in [-0.25, -0.2) is 13.8 Å². The molecule has 41 heavy (non-hydrogen) atoms. The summed E-state index contributed by atoms with van der Waals surface area (Å²) in [4.78, 5) is 30.4. The summed E-state index contributed by atoms with van der Waals surface area (Å²) < 4.78 is 109. The summed E-state index contributed by atoms with van der Waals surface area (Å²) in [5.41, 5.74) is -3.25. The number of carbonyl (C=O) groups is 2. The van der Waals surface area contributed by atoms with Crippen molar-refractivity contribution in [3.63, 3.8) is 0 Å². The maximum Gasteiger partial charge on any atom is 0.416 e. The highest BCUT2D eigenvalue weighted by molar-refractivity contribution is 6.31. The van der Waals surface area contributed by atoms with Crippen molar-refractivity contribution < 1.29 is 44.7 Å². The lowest BCUT2D eigenvalue weighted by Gasteiger charge is -2.19. The van der Waals surface area contributed by atoms with Crippen LogP contribution >= 0.6 is 11.6 Å². The van der Waals surface area contributed by atoms with Gasteiger partial charge >= 0.3 is 12.4 Å². The zero-order chi connectivity index (χ0) is 30.0. The first kappa shape index (κ1) is 28.3. The Balaban J connectivity index is 1.73. The molecule has 1 aliphatic rings. The Morgan fingerprint density at radius 3 is 2.41 bits per heavy atom. The second-order valence-electron chi connectivity index (χ2n) is 9.19. The molecular formula is C26H15ClF8N4O2. The lowest BCUT2D eigenvalue weighted by atomic mass is 9.95. The average molecular weight is 603 g/mol. The second kappa shape index (κ2) is 9.72. The Morgan fingerprint density at radius 2 is 1.76 bits per heavy atom. The van der Waals surface area contributed by atoms with Gasteiger partial charge in [-0.05, 0) is 49.4 Å². The van der Waals surface area contributed by atoms with Crippen LogP contribution in [0.5, 0.6) is 0 Å². The zero-order valence-corrected chi connectivity index (χ0v) is 21.2. The van der Waals surface area contributed by atoms with Gasteiger partial charge in [0.15, 0.2) is 0 Å². The van der Waals surface area contributed by atoms with Crippen LogP contribution < -0.4 is 10.6 Å². The molecule has 0 unspecified atom stereocenters. The SMILES string of the molecule is Cc1nc2c3c(c(NC(=O)c4cc(F)cc(C(F)(F)F)c4)cc2n1CC(F)(F)F)[C@@H](c1cc(F)ccc1Cl)NC3=O. The van der Waals surface area contributed by atoms with E-state index in [4.69, 9.17) is 11.6 Å². The molecular weight excluding hydrogens is 588 g/mol. The zero-order valence-electron chi connectivity index (χ0n) is 20.4. The van der Waals surface area contributed by atoms with Crippen LogP contribution in [-0.4, -0.2) is 27.5 Å². The molecule has 2 heterocycles. The molecule has 0 spiro atoms. The number of halogens is 9. The van der Waals surface area contributed by atoms with Crippen molar-refractivity contribution in [3.05, 3.63) is 92.8 Å². The van der Waals surface area contributed by atoms with Gasteiger partial charge < -0.3 is 15.2 Å². The number of carbonyl (C=O) groups excluding carboxylic acids is 2. The van der Waals surface area contributed by atoms with E-state index in [2.05, 4.69) is 15.6 Å². The first-order valence-corrected chi connectivity index (χ1v) is 12.0. The Bertz CT molecular complexity index is 1750. The molecule has 1 aliphatic heterocycles. The number of alkyl halides is 6. The van der Waals surface area contributed by atoms with E-state index < -0.39 is 59.5 Å². The van der Waals surface area contributed by atoms with E-state index in [0.717, 1.165) is 22.8 Å². The van der Waals surface area contributed by atoms with Crippen LogP contribution in [0.15, 0.2) is 42.5 Å². The highest BCUT2D eigenvalue weighted by atomic mass is 35.5. The van der Waals surface area contributed by atoms with Gasteiger partial charge in [-0.2, -0.15) is 26.3 Å². The summed E-state index contributed by atoms with van der Waals surface area (Å²) >= 11 is 6.24. The number of hydrogen-bond acceptors (Lipinski definition) is 3. The van der Waals surface area contributed by atoms with Crippen molar-refractivity contribution >= 4 is 40.1 Å². The summed E-state index contributed by atoms with van der Waals surface area (Å²) in [6.07, 6.45) is -9.70. The minimum Gasteiger partial charge on any atom is -0.341 e. The van der Waals surface area contributed by atoms with Crippen LogP contribution in [-0.2, 0) is 12.7 Å². The third-order valence-electron chi connectivity index (χ3n) is 6.41. The number of nitrogens with zero attached hydrogens (tertiary/aromatic N) is 2.